The second kappa shape index (κ2) is 8.59. The average molecular weight is 411 g/mol. The molecule has 1 aliphatic carbocycles. The van der Waals surface area contributed by atoms with Crippen molar-refractivity contribution in [3.63, 3.8) is 0 Å². The van der Waals surface area contributed by atoms with Crippen LogP contribution in [0, 0.1) is 32.1 Å². The van der Waals surface area contributed by atoms with Gasteiger partial charge in [0.25, 0.3) is 0 Å². The standard InChI is InChI=1S/C10H11N.C5H5.F6P.Fe/c1-2-6-10(7-3-1)11-8-4-5-9-11;1-2-4-5-3-1;1-7(2,3,4,5)6;/h1-7H,8-9H2;1-5H;;/q;;-1;+2. The number of para-hydroxylation sites is 1. The van der Waals surface area contributed by atoms with Crippen LogP contribution >= 0.6 is 7.81 Å². The van der Waals surface area contributed by atoms with E-state index in [9.17, 15) is 25.2 Å². The minimum absolute atomic E-state index is 0. The maximum absolute atomic E-state index is 10.7. The molecule has 24 heavy (non-hydrogen) atoms. The van der Waals surface area contributed by atoms with Crippen molar-refractivity contribution >= 4 is 13.5 Å². The van der Waals surface area contributed by atoms with Gasteiger partial charge in [0.1, 0.15) is 0 Å². The van der Waals surface area contributed by atoms with Crippen LogP contribution in [0.1, 0.15) is 0 Å². The Hall–Kier alpha value is -0.711. The molecule has 3 rings (SSSR count). The van der Waals surface area contributed by atoms with Crippen LogP contribution in [0.4, 0.5) is 30.9 Å². The summed E-state index contributed by atoms with van der Waals surface area (Å²) in [4.78, 5) is 2.33. The van der Waals surface area contributed by atoms with Crippen LogP contribution in [0.5, 0.6) is 0 Å². The number of hydrogen-bond acceptors (Lipinski definition) is 1. The average Bonchev–Trinajstić information content (AvgIpc) is 3.13. The number of nitrogens with zero attached hydrogens (tertiary/aromatic N) is 1. The molecule has 9 heteroatoms. The molecule has 5 radical (unpaired) electrons. The van der Waals surface area contributed by atoms with Gasteiger partial charge in [-0.05, 0) is 44.2 Å². The number of benzene rings is 1. The van der Waals surface area contributed by atoms with Gasteiger partial charge in [0.05, 0.1) is 0 Å². The van der Waals surface area contributed by atoms with Crippen molar-refractivity contribution in [2.75, 3.05) is 18.0 Å². The number of hydrogen-bond donors (Lipinski definition) is 0. The Morgan fingerprint density at radius 1 is 0.667 bits per heavy atom. The molecule has 0 N–H and O–H groups in total. The molecule has 1 heterocycles. The number of anilines is 1. The van der Waals surface area contributed by atoms with E-state index in [-0.39, 0.29) is 17.1 Å². The zero-order valence-corrected chi connectivity index (χ0v) is 14.4. The summed E-state index contributed by atoms with van der Waals surface area (Å²) < 4.78 is 59.2. The fraction of sp³-hybridized carbons (Fsp3) is 0.133. The summed E-state index contributed by atoms with van der Waals surface area (Å²) in [5.41, 5.74) is 1.32. The van der Waals surface area contributed by atoms with E-state index in [0.29, 0.717) is 0 Å². The fourth-order valence-electron chi connectivity index (χ4n) is 1.65. The van der Waals surface area contributed by atoms with Crippen molar-refractivity contribution in [2.45, 2.75) is 0 Å². The predicted molar refractivity (Wildman–Crippen MR) is 82.9 cm³/mol. The first-order valence-corrected chi connectivity index (χ1v) is 8.63. The summed E-state index contributed by atoms with van der Waals surface area (Å²) in [6.45, 7) is 2.12. The normalized spacial score (nSPS) is 19.0. The van der Waals surface area contributed by atoms with Gasteiger partial charge in [0.15, 0.2) is 0 Å². The Morgan fingerprint density at radius 2 is 1.00 bits per heavy atom. The van der Waals surface area contributed by atoms with Crippen molar-refractivity contribution in [2.24, 2.45) is 0 Å². The Bertz CT molecular complexity index is 472. The van der Waals surface area contributed by atoms with E-state index in [1.54, 1.807) is 0 Å². The summed E-state index contributed by atoms with van der Waals surface area (Å²) in [7, 11) is -10.7. The fourth-order valence-corrected chi connectivity index (χ4v) is 1.65. The summed E-state index contributed by atoms with van der Waals surface area (Å²) in [6, 6.07) is 10.5. The van der Waals surface area contributed by atoms with E-state index >= 15 is 0 Å². The minimum atomic E-state index is -10.7. The summed E-state index contributed by atoms with van der Waals surface area (Å²) in [5, 5.41) is 0. The van der Waals surface area contributed by atoms with Gasteiger partial charge >= 0.3 is 50.1 Å². The van der Waals surface area contributed by atoms with Crippen LogP contribution < -0.4 is 4.90 Å². The third-order valence-corrected chi connectivity index (χ3v) is 2.50. The molecule has 1 aromatic carbocycles. The van der Waals surface area contributed by atoms with Crippen molar-refractivity contribution in [3.8, 4) is 0 Å². The van der Waals surface area contributed by atoms with Gasteiger partial charge in [-0.2, -0.15) is 0 Å². The summed E-state index contributed by atoms with van der Waals surface area (Å²) >= 11 is 0. The molecule has 0 saturated heterocycles. The first-order chi connectivity index (χ1) is 10.4. The molecule has 2 aliphatic rings. The van der Waals surface area contributed by atoms with Crippen molar-refractivity contribution in [3.05, 3.63) is 74.6 Å². The molecule has 1 fully saturated rings. The molecule has 0 unspecified atom stereocenters. The number of rotatable bonds is 1. The van der Waals surface area contributed by atoms with E-state index in [2.05, 4.69) is 41.3 Å². The molecule has 0 bridgehead atoms. The Balaban J connectivity index is 0.000000354. The Labute approximate surface area is 148 Å². The van der Waals surface area contributed by atoms with Gasteiger partial charge in [-0.1, -0.05) is 30.4 Å². The van der Waals surface area contributed by atoms with Crippen LogP contribution in [-0.4, -0.2) is 13.1 Å². The molecule has 135 valence electrons. The smallest absolute Gasteiger partial charge is 0.0312 e. The second-order valence-corrected chi connectivity index (χ2v) is 6.55. The molecule has 1 saturated carbocycles. The number of halogens is 6. The third-order valence-electron chi connectivity index (χ3n) is 2.50. The molecule has 0 atom stereocenters. The summed E-state index contributed by atoms with van der Waals surface area (Å²) in [6.07, 6.45) is 14.4. The van der Waals surface area contributed by atoms with Crippen LogP contribution in [0.15, 0.2) is 42.5 Å². The SMILES string of the molecule is C1=CCN(c2ccccc2)C1.F[P-](F)(F)(F)(F)F.[CH]1[CH][CH][CH][CH]1.[Fe+2]. The van der Waals surface area contributed by atoms with Gasteiger partial charge in [-0.25, -0.2) is 0 Å². The van der Waals surface area contributed by atoms with E-state index < -0.39 is 7.81 Å². The predicted octanol–water partition coefficient (Wildman–Crippen LogP) is 6.46. The van der Waals surface area contributed by atoms with Gasteiger partial charge in [0, 0.05) is 18.8 Å². The maximum Gasteiger partial charge on any atom is 2.00 e. The molecular weight excluding hydrogens is 395 g/mol. The van der Waals surface area contributed by atoms with Crippen molar-refractivity contribution in [1.82, 2.24) is 0 Å². The third kappa shape index (κ3) is 16.2. The van der Waals surface area contributed by atoms with Gasteiger partial charge in [-0.15, -0.1) is 0 Å². The minimum Gasteiger partial charge on any atom is -0.0312 e. The zero-order chi connectivity index (χ0) is 17.5. The molecular formula is C15H16F6FeNP+. The van der Waals surface area contributed by atoms with Crippen LogP contribution in [0.25, 0.3) is 0 Å². The Morgan fingerprint density at radius 3 is 1.33 bits per heavy atom. The topological polar surface area (TPSA) is 3.24 Å². The molecule has 0 amide bonds. The van der Waals surface area contributed by atoms with Crippen molar-refractivity contribution < 1.29 is 42.3 Å². The molecule has 1 aliphatic heterocycles. The molecule has 1 nitrogen and oxygen atoms in total. The largest absolute Gasteiger partial charge is 2.00 e. The molecule has 0 aromatic heterocycles. The van der Waals surface area contributed by atoms with Gasteiger partial charge in [-0.3, -0.25) is 0 Å². The summed E-state index contributed by atoms with van der Waals surface area (Å²) in [5.74, 6) is 0. The quantitative estimate of drug-likeness (QED) is 0.222. The first kappa shape index (κ1) is 23.3. The van der Waals surface area contributed by atoms with Crippen LogP contribution in [0.3, 0.4) is 0 Å². The van der Waals surface area contributed by atoms with E-state index in [1.165, 1.54) is 5.69 Å². The van der Waals surface area contributed by atoms with Crippen LogP contribution in [0.2, 0.25) is 0 Å². The molecule has 0 spiro atoms. The van der Waals surface area contributed by atoms with E-state index in [4.69, 9.17) is 0 Å². The first-order valence-electron chi connectivity index (χ1n) is 6.60. The monoisotopic (exact) mass is 411 g/mol. The second-order valence-electron chi connectivity index (χ2n) is 4.63. The van der Waals surface area contributed by atoms with Gasteiger partial charge in [0.2, 0.25) is 0 Å². The van der Waals surface area contributed by atoms with E-state index in [1.807, 2.05) is 38.2 Å². The van der Waals surface area contributed by atoms with E-state index in [0.717, 1.165) is 13.1 Å². The zero-order valence-electron chi connectivity index (χ0n) is 12.4. The van der Waals surface area contributed by atoms with Crippen LogP contribution in [-0.2, 0) is 17.1 Å². The van der Waals surface area contributed by atoms with Gasteiger partial charge < -0.3 is 4.90 Å². The molecule has 1 aromatic rings. The maximum atomic E-state index is 9.87. The van der Waals surface area contributed by atoms with Crippen molar-refractivity contribution in [1.29, 1.82) is 0 Å². The Kier molecular flexibility index (Phi) is 8.34.